The average molecular weight is 307 g/mol. The van der Waals surface area contributed by atoms with Gasteiger partial charge in [-0.25, -0.2) is 4.98 Å². The maximum absolute atomic E-state index is 12.6. The highest BCUT2D eigenvalue weighted by Gasteiger charge is 2.14. The number of pyridine rings is 2. The molecule has 23 heavy (non-hydrogen) atoms. The second kappa shape index (κ2) is 6.44. The Balaban J connectivity index is 1.85. The Morgan fingerprint density at radius 2 is 2.09 bits per heavy atom. The Bertz CT molecular complexity index is 843. The Kier molecular flexibility index (Phi) is 4.19. The molecule has 0 fully saturated rings. The molecule has 1 aromatic carbocycles. The number of aromatic nitrogens is 2. The quantitative estimate of drug-likeness (QED) is 0.743. The minimum Gasteiger partial charge on any atom is -0.481 e. The van der Waals surface area contributed by atoms with Crippen LogP contribution in [0.5, 0.6) is 5.88 Å². The number of rotatable bonds is 4. The zero-order valence-corrected chi connectivity index (χ0v) is 13.1. The number of nitrogens with zero attached hydrogens (tertiary/aromatic N) is 3. The SMILES string of the molecule is COc1cc(C(=O)N(C)Cc2cccc3cnccc23)ccn1. The predicted octanol–water partition coefficient (Wildman–Crippen LogP) is 2.91. The van der Waals surface area contributed by atoms with E-state index in [1.54, 1.807) is 36.5 Å². The van der Waals surface area contributed by atoms with E-state index >= 15 is 0 Å². The van der Waals surface area contributed by atoms with Gasteiger partial charge in [0.05, 0.1) is 7.11 Å². The molecule has 0 saturated heterocycles. The lowest BCUT2D eigenvalue weighted by Gasteiger charge is -2.18. The van der Waals surface area contributed by atoms with Gasteiger partial charge in [-0.15, -0.1) is 0 Å². The fraction of sp³-hybridized carbons (Fsp3) is 0.167. The highest BCUT2D eigenvalue weighted by molar-refractivity contribution is 5.94. The van der Waals surface area contributed by atoms with Crippen molar-refractivity contribution in [1.29, 1.82) is 0 Å². The van der Waals surface area contributed by atoms with Gasteiger partial charge in [0, 0.05) is 49.2 Å². The van der Waals surface area contributed by atoms with E-state index < -0.39 is 0 Å². The van der Waals surface area contributed by atoms with E-state index in [1.807, 2.05) is 30.5 Å². The van der Waals surface area contributed by atoms with Crippen LogP contribution in [0.2, 0.25) is 0 Å². The standard InChI is InChI=1S/C18H17N3O2/c1-21(18(22)13-6-9-20-17(10-13)23-2)12-15-5-3-4-14-11-19-8-7-16(14)15/h3-11H,12H2,1-2H3. The van der Waals surface area contributed by atoms with E-state index in [9.17, 15) is 4.79 Å². The highest BCUT2D eigenvalue weighted by Crippen LogP contribution is 2.20. The summed E-state index contributed by atoms with van der Waals surface area (Å²) < 4.78 is 5.07. The van der Waals surface area contributed by atoms with Crippen LogP contribution in [-0.2, 0) is 6.54 Å². The molecule has 116 valence electrons. The number of hydrogen-bond acceptors (Lipinski definition) is 4. The molecule has 5 heteroatoms. The topological polar surface area (TPSA) is 55.3 Å². The van der Waals surface area contributed by atoms with E-state index in [-0.39, 0.29) is 5.91 Å². The number of amides is 1. The van der Waals surface area contributed by atoms with Gasteiger partial charge in [0.2, 0.25) is 5.88 Å². The molecule has 2 heterocycles. The molecule has 1 amide bonds. The molecule has 0 N–H and O–H groups in total. The maximum atomic E-state index is 12.6. The molecule has 0 bridgehead atoms. The van der Waals surface area contributed by atoms with Crippen LogP contribution in [0.4, 0.5) is 0 Å². The van der Waals surface area contributed by atoms with Crippen molar-refractivity contribution in [1.82, 2.24) is 14.9 Å². The van der Waals surface area contributed by atoms with Gasteiger partial charge in [-0.1, -0.05) is 18.2 Å². The molecule has 0 aliphatic rings. The number of hydrogen-bond donors (Lipinski definition) is 0. The summed E-state index contributed by atoms with van der Waals surface area (Å²) in [5.41, 5.74) is 1.64. The molecular formula is C18H17N3O2. The summed E-state index contributed by atoms with van der Waals surface area (Å²) in [5, 5.41) is 2.17. The van der Waals surface area contributed by atoms with E-state index in [0.717, 1.165) is 16.3 Å². The van der Waals surface area contributed by atoms with Crippen molar-refractivity contribution < 1.29 is 9.53 Å². The first-order chi connectivity index (χ1) is 11.2. The normalized spacial score (nSPS) is 10.5. The largest absolute Gasteiger partial charge is 0.481 e. The first-order valence-corrected chi connectivity index (χ1v) is 7.26. The first-order valence-electron chi connectivity index (χ1n) is 7.26. The van der Waals surface area contributed by atoms with Crippen molar-refractivity contribution in [2.45, 2.75) is 6.54 Å². The minimum absolute atomic E-state index is 0.0724. The maximum Gasteiger partial charge on any atom is 0.254 e. The van der Waals surface area contributed by atoms with Crippen LogP contribution in [0.15, 0.2) is 55.0 Å². The Hall–Kier alpha value is -2.95. The van der Waals surface area contributed by atoms with Crippen LogP contribution < -0.4 is 4.74 Å². The summed E-state index contributed by atoms with van der Waals surface area (Å²) in [6, 6.07) is 11.3. The zero-order valence-electron chi connectivity index (χ0n) is 13.1. The molecule has 2 aromatic heterocycles. The summed E-state index contributed by atoms with van der Waals surface area (Å²) in [5.74, 6) is 0.359. The van der Waals surface area contributed by atoms with Gasteiger partial charge in [-0.2, -0.15) is 0 Å². The molecule has 3 aromatic rings. The van der Waals surface area contributed by atoms with Gasteiger partial charge in [0.1, 0.15) is 0 Å². The van der Waals surface area contributed by atoms with Gasteiger partial charge in [-0.3, -0.25) is 9.78 Å². The molecule has 0 atom stereocenters. The van der Waals surface area contributed by atoms with Crippen molar-refractivity contribution >= 4 is 16.7 Å². The molecular weight excluding hydrogens is 290 g/mol. The van der Waals surface area contributed by atoms with Crippen LogP contribution in [0.1, 0.15) is 15.9 Å². The molecule has 0 spiro atoms. The summed E-state index contributed by atoms with van der Waals surface area (Å²) in [6.45, 7) is 0.519. The fourth-order valence-corrected chi connectivity index (χ4v) is 2.53. The lowest BCUT2D eigenvalue weighted by molar-refractivity contribution is 0.0785. The number of fused-ring (bicyclic) bond motifs is 1. The summed E-state index contributed by atoms with van der Waals surface area (Å²) in [4.78, 5) is 22.4. The Morgan fingerprint density at radius 3 is 2.91 bits per heavy atom. The van der Waals surface area contributed by atoms with Crippen LogP contribution in [0.3, 0.4) is 0 Å². The van der Waals surface area contributed by atoms with E-state index in [4.69, 9.17) is 4.74 Å². The van der Waals surface area contributed by atoms with Crippen LogP contribution >= 0.6 is 0 Å². The third-order valence-electron chi connectivity index (χ3n) is 3.72. The first kappa shape index (κ1) is 15.0. The molecule has 0 saturated carbocycles. The molecule has 5 nitrogen and oxygen atoms in total. The lowest BCUT2D eigenvalue weighted by Crippen LogP contribution is -2.26. The zero-order chi connectivity index (χ0) is 16.2. The van der Waals surface area contributed by atoms with Crippen molar-refractivity contribution in [3.63, 3.8) is 0 Å². The van der Waals surface area contributed by atoms with Gasteiger partial charge in [-0.05, 0) is 23.1 Å². The average Bonchev–Trinajstić information content (AvgIpc) is 2.61. The predicted molar refractivity (Wildman–Crippen MR) is 88.3 cm³/mol. The summed E-state index contributed by atoms with van der Waals surface area (Å²) in [7, 11) is 3.32. The lowest BCUT2D eigenvalue weighted by atomic mass is 10.1. The molecule has 0 unspecified atom stereocenters. The van der Waals surface area contributed by atoms with E-state index in [2.05, 4.69) is 9.97 Å². The number of carbonyl (C=O) groups excluding carboxylic acids is 1. The van der Waals surface area contributed by atoms with Crippen LogP contribution in [-0.4, -0.2) is 34.9 Å². The van der Waals surface area contributed by atoms with Gasteiger partial charge in [0.25, 0.3) is 5.91 Å². The third-order valence-corrected chi connectivity index (χ3v) is 3.72. The molecule has 0 aliphatic heterocycles. The smallest absolute Gasteiger partial charge is 0.254 e. The Labute approximate surface area is 134 Å². The van der Waals surface area contributed by atoms with Crippen molar-refractivity contribution in [2.75, 3.05) is 14.2 Å². The minimum atomic E-state index is -0.0724. The molecule has 0 radical (unpaired) electrons. The Morgan fingerprint density at radius 1 is 1.22 bits per heavy atom. The van der Waals surface area contributed by atoms with Crippen molar-refractivity contribution in [3.8, 4) is 5.88 Å². The number of ether oxygens (including phenoxy) is 1. The monoisotopic (exact) mass is 307 g/mol. The van der Waals surface area contributed by atoms with E-state index in [1.165, 1.54) is 7.11 Å². The summed E-state index contributed by atoms with van der Waals surface area (Å²) >= 11 is 0. The highest BCUT2D eigenvalue weighted by atomic mass is 16.5. The van der Waals surface area contributed by atoms with Gasteiger partial charge in [0.15, 0.2) is 0 Å². The molecule has 3 rings (SSSR count). The van der Waals surface area contributed by atoms with Gasteiger partial charge < -0.3 is 9.64 Å². The van der Waals surface area contributed by atoms with Crippen LogP contribution in [0, 0.1) is 0 Å². The van der Waals surface area contributed by atoms with Crippen molar-refractivity contribution in [3.05, 3.63) is 66.1 Å². The van der Waals surface area contributed by atoms with Crippen molar-refractivity contribution in [2.24, 2.45) is 0 Å². The number of carbonyl (C=O) groups is 1. The fourth-order valence-electron chi connectivity index (χ4n) is 2.53. The van der Waals surface area contributed by atoms with Crippen LogP contribution in [0.25, 0.3) is 10.8 Å². The van der Waals surface area contributed by atoms with E-state index in [0.29, 0.717) is 18.0 Å². The second-order valence-corrected chi connectivity index (χ2v) is 5.26. The number of benzene rings is 1. The number of methoxy groups -OCH3 is 1. The second-order valence-electron chi connectivity index (χ2n) is 5.26. The third kappa shape index (κ3) is 3.13. The molecule has 0 aliphatic carbocycles. The summed E-state index contributed by atoms with van der Waals surface area (Å²) in [6.07, 6.45) is 5.17. The van der Waals surface area contributed by atoms with Gasteiger partial charge >= 0.3 is 0 Å².